The molecule has 3 atom stereocenters. The number of carbonyl (C=O) groups excluding carboxylic acids is 1. The molecule has 1 aromatic heterocycles. The Bertz CT molecular complexity index is 748. The molecule has 2 fully saturated rings. The summed E-state index contributed by atoms with van der Waals surface area (Å²) in [5.74, 6) is 1.58. The van der Waals surface area contributed by atoms with E-state index in [0.29, 0.717) is 17.7 Å². The van der Waals surface area contributed by atoms with Crippen LogP contribution in [0, 0.1) is 18.8 Å². The number of amides is 1. The molecule has 4 rings (SSSR count). The van der Waals surface area contributed by atoms with Crippen molar-refractivity contribution in [2.45, 2.75) is 13.0 Å². The highest BCUT2D eigenvalue weighted by Crippen LogP contribution is 2.44. The van der Waals surface area contributed by atoms with Crippen LogP contribution in [0.4, 0.5) is 0 Å². The van der Waals surface area contributed by atoms with Crippen LogP contribution in [0.15, 0.2) is 36.7 Å². The maximum absolute atomic E-state index is 13.1. The summed E-state index contributed by atoms with van der Waals surface area (Å²) in [4.78, 5) is 19.4. The number of aromatic nitrogens is 2. The molecule has 5 nitrogen and oxygen atoms in total. The van der Waals surface area contributed by atoms with Gasteiger partial charge in [-0.05, 0) is 24.0 Å². The molecule has 1 N–H and O–H groups in total. The molecule has 3 heterocycles. The molecule has 1 aromatic carbocycles. The molecule has 0 saturated carbocycles. The molecule has 0 aliphatic carbocycles. The highest BCUT2D eigenvalue weighted by Gasteiger charge is 2.47. The van der Waals surface area contributed by atoms with E-state index in [1.807, 2.05) is 22.7 Å². The molecule has 0 bridgehead atoms. The van der Waals surface area contributed by atoms with E-state index in [0.717, 1.165) is 19.6 Å². The topological polar surface area (TPSA) is 50.2 Å². The normalized spacial score (nSPS) is 24.4. The molecule has 7 heteroatoms. The zero-order chi connectivity index (χ0) is 16.0. The molecule has 0 spiro atoms. The lowest BCUT2D eigenvalue weighted by Crippen LogP contribution is -2.36. The van der Waals surface area contributed by atoms with Crippen LogP contribution < -0.4 is 5.32 Å². The summed E-state index contributed by atoms with van der Waals surface area (Å²) < 4.78 is 1.81. The third-order valence-electron chi connectivity index (χ3n) is 5.35. The zero-order valence-corrected chi connectivity index (χ0v) is 16.0. The summed E-state index contributed by atoms with van der Waals surface area (Å²) in [7, 11) is 1.88. The van der Waals surface area contributed by atoms with Gasteiger partial charge in [0.15, 0.2) is 5.82 Å². The predicted octanol–water partition coefficient (Wildman–Crippen LogP) is 2.60. The van der Waals surface area contributed by atoms with E-state index in [1.54, 1.807) is 6.20 Å². The molecule has 25 heavy (non-hydrogen) atoms. The maximum Gasteiger partial charge on any atom is 0.290 e. The fourth-order valence-electron chi connectivity index (χ4n) is 4.15. The Kier molecular flexibility index (Phi) is 6.14. The second kappa shape index (κ2) is 7.77. The van der Waals surface area contributed by atoms with Crippen molar-refractivity contribution < 1.29 is 4.79 Å². The number of halogens is 2. The van der Waals surface area contributed by atoms with E-state index in [2.05, 4.69) is 41.5 Å². The van der Waals surface area contributed by atoms with Gasteiger partial charge in [0.2, 0.25) is 0 Å². The van der Waals surface area contributed by atoms with Crippen molar-refractivity contribution in [3.8, 4) is 0 Å². The van der Waals surface area contributed by atoms with E-state index in [4.69, 9.17) is 0 Å². The van der Waals surface area contributed by atoms with Crippen molar-refractivity contribution in [2.75, 3.05) is 19.6 Å². The van der Waals surface area contributed by atoms with Crippen LogP contribution in [-0.4, -0.2) is 40.0 Å². The number of likely N-dealkylation sites (tertiary alicyclic amines) is 1. The van der Waals surface area contributed by atoms with Crippen molar-refractivity contribution >= 4 is 30.7 Å². The highest BCUT2D eigenvalue weighted by molar-refractivity contribution is 5.91. The van der Waals surface area contributed by atoms with Gasteiger partial charge >= 0.3 is 0 Å². The second-order valence-electron chi connectivity index (χ2n) is 6.70. The van der Waals surface area contributed by atoms with E-state index in [9.17, 15) is 4.79 Å². The molecular formula is C18H24Cl2N4O. The molecule has 2 aliphatic rings. The fraction of sp³-hybridized carbons (Fsp3) is 0.444. The van der Waals surface area contributed by atoms with Crippen molar-refractivity contribution in [1.29, 1.82) is 0 Å². The lowest BCUT2D eigenvalue weighted by atomic mass is 9.87. The van der Waals surface area contributed by atoms with Crippen LogP contribution in [0.5, 0.6) is 0 Å². The SMILES string of the molecule is Cc1ccccc1[C@@H]1[C@H]2CNC[C@H]2CN1C(=O)c1nccn1C.Cl.Cl. The Hall–Kier alpha value is -1.56. The van der Waals surface area contributed by atoms with Gasteiger partial charge in [-0.25, -0.2) is 4.98 Å². The highest BCUT2D eigenvalue weighted by atomic mass is 35.5. The smallest absolute Gasteiger partial charge is 0.290 e. The lowest BCUT2D eigenvalue weighted by Gasteiger charge is -2.29. The number of benzene rings is 1. The van der Waals surface area contributed by atoms with Crippen LogP contribution in [0.1, 0.15) is 27.8 Å². The van der Waals surface area contributed by atoms with Gasteiger partial charge in [-0.2, -0.15) is 0 Å². The number of fused-ring (bicyclic) bond motifs is 1. The van der Waals surface area contributed by atoms with Crippen LogP contribution in [-0.2, 0) is 7.05 Å². The molecular weight excluding hydrogens is 359 g/mol. The Morgan fingerprint density at radius 2 is 2.00 bits per heavy atom. The minimum Gasteiger partial charge on any atom is -0.330 e. The first-order valence-electron chi connectivity index (χ1n) is 8.21. The number of carbonyl (C=O) groups is 1. The largest absolute Gasteiger partial charge is 0.330 e. The van der Waals surface area contributed by atoms with Crippen LogP contribution in [0.3, 0.4) is 0 Å². The first-order chi connectivity index (χ1) is 11.2. The van der Waals surface area contributed by atoms with E-state index in [-0.39, 0.29) is 36.8 Å². The predicted molar refractivity (Wildman–Crippen MR) is 103 cm³/mol. The molecule has 2 aromatic rings. The summed E-state index contributed by atoms with van der Waals surface area (Å²) in [5.41, 5.74) is 2.52. The molecule has 2 aliphatic heterocycles. The quantitative estimate of drug-likeness (QED) is 0.868. The second-order valence-corrected chi connectivity index (χ2v) is 6.70. The van der Waals surface area contributed by atoms with E-state index in [1.165, 1.54) is 11.1 Å². The third-order valence-corrected chi connectivity index (χ3v) is 5.35. The summed E-state index contributed by atoms with van der Waals surface area (Å²) in [6.07, 6.45) is 3.52. The summed E-state index contributed by atoms with van der Waals surface area (Å²) in [6.45, 7) is 4.92. The Morgan fingerprint density at radius 3 is 2.68 bits per heavy atom. The minimum atomic E-state index is 0. The van der Waals surface area contributed by atoms with Gasteiger partial charge in [-0.15, -0.1) is 24.8 Å². The summed E-state index contributed by atoms with van der Waals surface area (Å²) in [5, 5.41) is 3.49. The molecule has 136 valence electrons. The standard InChI is InChI=1S/C18H22N4O.2ClH/c1-12-5-3-4-6-14(12)16-15-10-19-9-13(15)11-22(16)18(23)17-20-7-8-21(17)2;;/h3-8,13,15-16,19H,9-11H2,1-2H3;2*1H/t13-,15-,16+;;/m0../s1. The zero-order valence-electron chi connectivity index (χ0n) is 14.4. The fourth-order valence-corrected chi connectivity index (χ4v) is 4.15. The Morgan fingerprint density at radius 1 is 1.24 bits per heavy atom. The maximum atomic E-state index is 13.1. The number of imidazole rings is 1. The Labute approximate surface area is 160 Å². The van der Waals surface area contributed by atoms with Crippen molar-refractivity contribution in [3.05, 3.63) is 53.6 Å². The van der Waals surface area contributed by atoms with Gasteiger partial charge in [0.05, 0.1) is 6.04 Å². The number of nitrogens with zero attached hydrogens (tertiary/aromatic N) is 3. The van der Waals surface area contributed by atoms with Crippen molar-refractivity contribution in [3.63, 3.8) is 0 Å². The number of nitrogens with one attached hydrogen (secondary N) is 1. The summed E-state index contributed by atoms with van der Waals surface area (Å²) >= 11 is 0. The first-order valence-corrected chi connectivity index (χ1v) is 8.21. The van der Waals surface area contributed by atoms with Crippen LogP contribution in [0.2, 0.25) is 0 Å². The van der Waals surface area contributed by atoms with Crippen LogP contribution in [0.25, 0.3) is 0 Å². The van der Waals surface area contributed by atoms with Crippen molar-refractivity contribution in [2.24, 2.45) is 18.9 Å². The van der Waals surface area contributed by atoms with Crippen molar-refractivity contribution in [1.82, 2.24) is 19.8 Å². The van der Waals surface area contributed by atoms with E-state index >= 15 is 0 Å². The van der Waals surface area contributed by atoms with Crippen LogP contribution >= 0.6 is 24.8 Å². The number of hydrogen-bond acceptors (Lipinski definition) is 3. The number of aryl methyl sites for hydroxylation is 2. The third kappa shape index (κ3) is 3.28. The number of rotatable bonds is 2. The lowest BCUT2D eigenvalue weighted by molar-refractivity contribution is 0.0697. The number of hydrogen-bond donors (Lipinski definition) is 1. The molecule has 0 unspecified atom stereocenters. The first kappa shape index (κ1) is 19.8. The van der Waals surface area contributed by atoms with Gasteiger partial charge in [0.1, 0.15) is 0 Å². The molecule has 2 saturated heterocycles. The monoisotopic (exact) mass is 382 g/mol. The van der Waals surface area contributed by atoms with Gasteiger partial charge in [-0.3, -0.25) is 4.79 Å². The average molecular weight is 383 g/mol. The van der Waals surface area contributed by atoms with E-state index < -0.39 is 0 Å². The van der Waals surface area contributed by atoms with Gasteiger partial charge < -0.3 is 14.8 Å². The Balaban J connectivity index is 0.00000113. The van der Waals surface area contributed by atoms with Gasteiger partial charge in [0, 0.05) is 45.0 Å². The average Bonchev–Trinajstić information content (AvgIpc) is 3.22. The molecule has 0 radical (unpaired) electrons. The molecule has 1 amide bonds. The summed E-state index contributed by atoms with van der Waals surface area (Å²) in [6, 6.07) is 8.57. The van der Waals surface area contributed by atoms with Gasteiger partial charge in [-0.1, -0.05) is 24.3 Å². The van der Waals surface area contributed by atoms with Gasteiger partial charge in [0.25, 0.3) is 5.91 Å². The minimum absolute atomic E-state index is 0.